The number of halogens is 1. The molecule has 6 nitrogen and oxygen atoms in total. The Hall–Kier alpha value is -2.87. The number of fused-ring (bicyclic) bond motifs is 1. The summed E-state index contributed by atoms with van der Waals surface area (Å²) in [7, 11) is 0. The maximum Gasteiger partial charge on any atom is 0.234 e. The van der Waals surface area contributed by atoms with Crippen molar-refractivity contribution in [1.29, 1.82) is 0 Å². The Labute approximate surface area is 154 Å². The minimum absolute atomic E-state index is 0.181. The first kappa shape index (κ1) is 16.6. The molecule has 3 aromatic rings. The van der Waals surface area contributed by atoms with E-state index in [0.29, 0.717) is 10.8 Å². The van der Waals surface area contributed by atoms with E-state index in [-0.39, 0.29) is 17.5 Å². The first-order valence-corrected chi connectivity index (χ1v) is 9.13. The second-order valence-electron chi connectivity index (χ2n) is 5.77. The van der Waals surface area contributed by atoms with Gasteiger partial charge in [-0.25, -0.2) is 4.39 Å². The summed E-state index contributed by atoms with van der Waals surface area (Å²) >= 11 is 1.32. The van der Waals surface area contributed by atoms with Gasteiger partial charge in [-0.15, -0.1) is 10.2 Å². The number of nitrogens with zero attached hydrogens (tertiary/aromatic N) is 4. The molecule has 4 rings (SSSR count). The number of hydrogen-bond acceptors (Lipinski definition) is 5. The first-order valence-electron chi connectivity index (χ1n) is 8.15. The van der Waals surface area contributed by atoms with Crippen LogP contribution in [0.15, 0.2) is 59.8 Å². The van der Waals surface area contributed by atoms with Crippen LogP contribution in [0.5, 0.6) is 0 Å². The van der Waals surface area contributed by atoms with Crippen LogP contribution in [0, 0.1) is 5.82 Å². The number of carbonyl (C=O) groups is 1. The number of thioether (sulfide) groups is 1. The van der Waals surface area contributed by atoms with Crippen LogP contribution >= 0.6 is 11.8 Å². The number of benzene rings is 2. The Morgan fingerprint density at radius 3 is 2.77 bits per heavy atom. The maximum atomic E-state index is 13.2. The smallest absolute Gasteiger partial charge is 0.234 e. The Bertz CT molecular complexity index is 930. The zero-order chi connectivity index (χ0) is 17.9. The number of amides is 1. The van der Waals surface area contributed by atoms with Crippen molar-refractivity contribution in [3.05, 3.63) is 60.4 Å². The molecule has 0 spiro atoms. The molecule has 26 heavy (non-hydrogen) atoms. The number of aromatic nitrogens is 3. The number of anilines is 3. The highest BCUT2D eigenvalue weighted by atomic mass is 32.2. The van der Waals surface area contributed by atoms with Gasteiger partial charge >= 0.3 is 0 Å². The normalized spacial score (nSPS) is 12.9. The van der Waals surface area contributed by atoms with Gasteiger partial charge in [0.05, 0.1) is 5.75 Å². The average Bonchev–Trinajstić information content (AvgIpc) is 3.23. The van der Waals surface area contributed by atoms with Crippen molar-refractivity contribution in [1.82, 2.24) is 14.8 Å². The molecule has 2 heterocycles. The molecule has 0 atom stereocenters. The standard InChI is InChI=1S/C18H16FN5OS/c19-13-5-4-6-14(11-13)20-16(25)12-26-18-22-21-17-23(9-10-24(17)18)15-7-2-1-3-8-15/h1-8,11H,9-10,12H2,(H,20,25). The van der Waals surface area contributed by atoms with Crippen LogP contribution < -0.4 is 10.2 Å². The Kier molecular flexibility index (Phi) is 4.57. The molecular weight excluding hydrogens is 353 g/mol. The molecule has 8 heteroatoms. The summed E-state index contributed by atoms with van der Waals surface area (Å²) in [4.78, 5) is 14.2. The van der Waals surface area contributed by atoms with E-state index in [1.807, 2.05) is 34.9 Å². The Morgan fingerprint density at radius 2 is 1.96 bits per heavy atom. The molecule has 1 aliphatic rings. The lowest BCUT2D eigenvalue weighted by molar-refractivity contribution is -0.113. The van der Waals surface area contributed by atoms with Crippen LogP contribution in [-0.4, -0.2) is 33.0 Å². The summed E-state index contributed by atoms with van der Waals surface area (Å²) in [6, 6.07) is 15.8. The molecular formula is C18H16FN5OS. The molecule has 0 aliphatic carbocycles. The molecule has 0 unspecified atom stereocenters. The van der Waals surface area contributed by atoms with E-state index in [9.17, 15) is 9.18 Å². The highest BCUT2D eigenvalue weighted by molar-refractivity contribution is 7.99. The Morgan fingerprint density at radius 1 is 1.12 bits per heavy atom. The number of nitrogens with one attached hydrogen (secondary N) is 1. The highest BCUT2D eigenvalue weighted by Gasteiger charge is 2.26. The predicted molar refractivity (Wildman–Crippen MR) is 99.2 cm³/mol. The van der Waals surface area contributed by atoms with E-state index in [4.69, 9.17) is 0 Å². The van der Waals surface area contributed by atoms with Gasteiger partial charge in [0, 0.05) is 24.5 Å². The Balaban J connectivity index is 1.40. The number of rotatable bonds is 5. The van der Waals surface area contributed by atoms with E-state index >= 15 is 0 Å². The average molecular weight is 369 g/mol. The van der Waals surface area contributed by atoms with Crippen molar-refractivity contribution in [2.75, 3.05) is 22.5 Å². The fourth-order valence-electron chi connectivity index (χ4n) is 2.83. The van der Waals surface area contributed by atoms with Gasteiger partial charge in [-0.3, -0.25) is 9.36 Å². The van der Waals surface area contributed by atoms with E-state index < -0.39 is 0 Å². The van der Waals surface area contributed by atoms with Crippen molar-refractivity contribution in [3.8, 4) is 0 Å². The molecule has 2 aromatic carbocycles. The lowest BCUT2D eigenvalue weighted by Gasteiger charge is -2.14. The van der Waals surface area contributed by atoms with Gasteiger partial charge in [0.15, 0.2) is 5.16 Å². The lowest BCUT2D eigenvalue weighted by Crippen LogP contribution is -2.14. The lowest BCUT2D eigenvalue weighted by atomic mass is 10.3. The van der Waals surface area contributed by atoms with Crippen LogP contribution in [0.1, 0.15) is 0 Å². The van der Waals surface area contributed by atoms with Crippen LogP contribution in [0.2, 0.25) is 0 Å². The van der Waals surface area contributed by atoms with Gasteiger partial charge in [-0.05, 0) is 30.3 Å². The third-order valence-electron chi connectivity index (χ3n) is 3.99. The van der Waals surface area contributed by atoms with Gasteiger partial charge in [-0.2, -0.15) is 0 Å². The predicted octanol–water partition coefficient (Wildman–Crippen LogP) is 3.30. The van der Waals surface area contributed by atoms with Gasteiger partial charge < -0.3 is 10.2 Å². The topological polar surface area (TPSA) is 63.1 Å². The zero-order valence-electron chi connectivity index (χ0n) is 13.8. The number of hydrogen-bond donors (Lipinski definition) is 1. The van der Waals surface area contributed by atoms with Crippen LogP contribution in [0.4, 0.5) is 21.7 Å². The highest BCUT2D eigenvalue weighted by Crippen LogP contribution is 2.31. The van der Waals surface area contributed by atoms with Gasteiger partial charge in [-0.1, -0.05) is 36.0 Å². The molecule has 1 aromatic heterocycles. The van der Waals surface area contributed by atoms with Gasteiger partial charge in [0.1, 0.15) is 5.82 Å². The van der Waals surface area contributed by atoms with Gasteiger partial charge in [0.25, 0.3) is 0 Å². The summed E-state index contributed by atoms with van der Waals surface area (Å²) in [5.74, 6) is 0.367. The van der Waals surface area contributed by atoms with Crippen molar-refractivity contribution in [2.45, 2.75) is 11.7 Å². The van der Waals surface area contributed by atoms with E-state index in [2.05, 4.69) is 20.4 Å². The largest absolute Gasteiger partial charge is 0.325 e. The summed E-state index contributed by atoms with van der Waals surface area (Å²) in [5, 5.41) is 11.8. The second kappa shape index (κ2) is 7.17. The molecule has 132 valence electrons. The second-order valence-corrected chi connectivity index (χ2v) is 6.71. The van der Waals surface area contributed by atoms with Crippen molar-refractivity contribution < 1.29 is 9.18 Å². The zero-order valence-corrected chi connectivity index (χ0v) is 14.6. The molecule has 0 saturated carbocycles. The minimum Gasteiger partial charge on any atom is -0.325 e. The molecule has 1 aliphatic heterocycles. The van der Waals surface area contributed by atoms with Crippen molar-refractivity contribution >= 4 is 35.0 Å². The van der Waals surface area contributed by atoms with Crippen LogP contribution in [-0.2, 0) is 11.3 Å². The molecule has 0 bridgehead atoms. The van der Waals surface area contributed by atoms with Crippen LogP contribution in [0.3, 0.4) is 0 Å². The van der Waals surface area contributed by atoms with Crippen LogP contribution in [0.25, 0.3) is 0 Å². The quantitative estimate of drug-likeness (QED) is 0.699. The fourth-order valence-corrected chi connectivity index (χ4v) is 3.59. The van der Waals surface area contributed by atoms with E-state index in [1.165, 1.54) is 23.9 Å². The van der Waals surface area contributed by atoms with Crippen molar-refractivity contribution in [2.24, 2.45) is 0 Å². The molecule has 1 N–H and O–H groups in total. The summed E-state index contributed by atoms with van der Waals surface area (Å²) in [5.41, 5.74) is 1.51. The van der Waals surface area contributed by atoms with E-state index in [1.54, 1.807) is 12.1 Å². The van der Waals surface area contributed by atoms with Gasteiger partial charge in [0.2, 0.25) is 11.9 Å². The third kappa shape index (κ3) is 3.41. The fraction of sp³-hybridized carbons (Fsp3) is 0.167. The SMILES string of the molecule is O=C(CSc1nnc2n1CCN2c1ccccc1)Nc1cccc(F)c1. The first-order chi connectivity index (χ1) is 12.7. The summed E-state index contributed by atoms with van der Waals surface area (Å²) < 4.78 is 15.2. The molecule has 0 saturated heterocycles. The minimum atomic E-state index is -0.383. The monoisotopic (exact) mass is 369 g/mol. The number of para-hydroxylation sites is 1. The molecule has 1 amide bonds. The van der Waals surface area contributed by atoms with Crippen molar-refractivity contribution in [3.63, 3.8) is 0 Å². The maximum absolute atomic E-state index is 13.2. The summed E-state index contributed by atoms with van der Waals surface area (Å²) in [6.07, 6.45) is 0. The molecule has 0 fully saturated rings. The molecule has 0 radical (unpaired) electrons. The third-order valence-corrected chi connectivity index (χ3v) is 4.96. The number of carbonyl (C=O) groups excluding carboxylic acids is 1. The summed E-state index contributed by atoms with van der Waals surface area (Å²) in [6.45, 7) is 1.59. The van der Waals surface area contributed by atoms with E-state index in [0.717, 1.165) is 24.7 Å².